The average molecular weight is 267 g/mol. The third-order valence-corrected chi connectivity index (χ3v) is 4.90. The minimum Gasteiger partial charge on any atom is -0.376 e. The van der Waals surface area contributed by atoms with Gasteiger partial charge in [-0.2, -0.15) is 0 Å². The predicted octanol–water partition coefficient (Wildman–Crippen LogP) is 3.08. The van der Waals surface area contributed by atoms with Gasteiger partial charge < -0.3 is 9.64 Å². The van der Waals surface area contributed by atoms with Crippen LogP contribution in [0.15, 0.2) is 0 Å². The zero-order valence-corrected chi connectivity index (χ0v) is 13.1. The third-order valence-electron chi connectivity index (χ3n) is 4.90. The van der Waals surface area contributed by atoms with Crippen LogP contribution in [0.4, 0.5) is 0 Å². The van der Waals surface area contributed by atoms with Crippen molar-refractivity contribution < 1.29 is 9.53 Å². The van der Waals surface area contributed by atoms with Gasteiger partial charge in [0.1, 0.15) is 0 Å². The van der Waals surface area contributed by atoms with Crippen molar-refractivity contribution >= 4 is 5.91 Å². The van der Waals surface area contributed by atoms with E-state index in [1.807, 2.05) is 0 Å². The van der Waals surface area contributed by atoms with E-state index in [2.05, 4.69) is 39.5 Å². The first kappa shape index (κ1) is 14.8. The lowest BCUT2D eigenvalue weighted by atomic mass is 9.82. The van der Waals surface area contributed by atoms with Crippen LogP contribution in [0.3, 0.4) is 0 Å². The summed E-state index contributed by atoms with van der Waals surface area (Å²) in [6.07, 6.45) is 3.78. The number of likely N-dealkylation sites (tertiary alicyclic amines) is 1. The Labute approximate surface area is 117 Å². The van der Waals surface area contributed by atoms with Gasteiger partial charge in [-0.15, -0.1) is 0 Å². The lowest BCUT2D eigenvalue weighted by Crippen LogP contribution is -2.43. The van der Waals surface area contributed by atoms with Crippen molar-refractivity contribution in [2.24, 2.45) is 17.8 Å². The number of nitrogens with zero attached hydrogens (tertiary/aromatic N) is 1. The van der Waals surface area contributed by atoms with Gasteiger partial charge in [0, 0.05) is 18.5 Å². The first-order valence-corrected chi connectivity index (χ1v) is 7.84. The molecule has 3 heteroatoms. The molecule has 1 amide bonds. The molecule has 0 aromatic heterocycles. The average Bonchev–Trinajstić information content (AvgIpc) is 2.65. The molecule has 2 rings (SSSR count). The second-order valence-corrected chi connectivity index (χ2v) is 6.96. The van der Waals surface area contributed by atoms with E-state index in [0.29, 0.717) is 36.0 Å². The SMILES string of the molecule is CC1C[C@@H](C)N(C(=O)C(C)C2CC(C)OC(C)C2)C1. The van der Waals surface area contributed by atoms with Crippen molar-refractivity contribution in [3.63, 3.8) is 0 Å². The fraction of sp³-hybridized carbons (Fsp3) is 0.938. The lowest BCUT2D eigenvalue weighted by Gasteiger charge is -2.36. The first-order valence-electron chi connectivity index (χ1n) is 7.84. The number of amides is 1. The van der Waals surface area contributed by atoms with Crippen LogP contribution in [0, 0.1) is 17.8 Å². The lowest BCUT2D eigenvalue weighted by molar-refractivity contribution is -0.140. The van der Waals surface area contributed by atoms with Crippen LogP contribution in [0.5, 0.6) is 0 Å². The molecule has 110 valence electrons. The summed E-state index contributed by atoms with van der Waals surface area (Å²) in [6, 6.07) is 0.416. The molecule has 0 bridgehead atoms. The van der Waals surface area contributed by atoms with Gasteiger partial charge in [0.2, 0.25) is 5.91 Å². The number of hydrogen-bond acceptors (Lipinski definition) is 2. The number of rotatable bonds is 2. The molecule has 0 aromatic rings. The Balaban J connectivity index is 1.98. The predicted molar refractivity (Wildman–Crippen MR) is 76.9 cm³/mol. The molecule has 19 heavy (non-hydrogen) atoms. The molecule has 4 unspecified atom stereocenters. The van der Waals surface area contributed by atoms with Crippen molar-refractivity contribution in [3.05, 3.63) is 0 Å². The number of hydrogen-bond donors (Lipinski definition) is 0. The number of ether oxygens (including phenoxy) is 1. The molecule has 2 fully saturated rings. The fourth-order valence-electron chi connectivity index (χ4n) is 3.94. The highest BCUT2D eigenvalue weighted by Gasteiger charge is 2.37. The Morgan fingerprint density at radius 3 is 2.16 bits per heavy atom. The Bertz CT molecular complexity index is 321. The Morgan fingerprint density at radius 1 is 1.11 bits per heavy atom. The molecule has 2 heterocycles. The molecule has 0 aromatic carbocycles. The van der Waals surface area contributed by atoms with Crippen molar-refractivity contribution in [1.82, 2.24) is 4.90 Å². The van der Waals surface area contributed by atoms with E-state index in [4.69, 9.17) is 4.74 Å². The second-order valence-electron chi connectivity index (χ2n) is 6.96. The highest BCUT2D eigenvalue weighted by molar-refractivity contribution is 5.79. The van der Waals surface area contributed by atoms with Gasteiger partial charge in [0.25, 0.3) is 0 Å². The topological polar surface area (TPSA) is 29.5 Å². The van der Waals surface area contributed by atoms with Crippen LogP contribution < -0.4 is 0 Å². The number of carbonyl (C=O) groups is 1. The summed E-state index contributed by atoms with van der Waals surface area (Å²) in [5.41, 5.74) is 0. The van der Waals surface area contributed by atoms with Crippen molar-refractivity contribution in [3.8, 4) is 0 Å². The Morgan fingerprint density at radius 2 is 1.68 bits per heavy atom. The Hall–Kier alpha value is -0.570. The largest absolute Gasteiger partial charge is 0.376 e. The third kappa shape index (κ3) is 3.31. The molecule has 0 N–H and O–H groups in total. The van der Waals surface area contributed by atoms with E-state index in [0.717, 1.165) is 25.8 Å². The quantitative estimate of drug-likeness (QED) is 0.769. The van der Waals surface area contributed by atoms with Crippen molar-refractivity contribution in [2.75, 3.05) is 6.54 Å². The van der Waals surface area contributed by atoms with Crippen LogP contribution in [0.2, 0.25) is 0 Å². The van der Waals surface area contributed by atoms with Crippen LogP contribution >= 0.6 is 0 Å². The molecular weight excluding hydrogens is 238 g/mol. The summed E-state index contributed by atoms with van der Waals surface area (Å²) in [5.74, 6) is 1.64. The summed E-state index contributed by atoms with van der Waals surface area (Å²) >= 11 is 0. The smallest absolute Gasteiger partial charge is 0.225 e. The van der Waals surface area contributed by atoms with Crippen LogP contribution in [-0.2, 0) is 9.53 Å². The number of carbonyl (C=O) groups excluding carboxylic acids is 1. The van der Waals surface area contributed by atoms with Gasteiger partial charge in [-0.1, -0.05) is 13.8 Å². The van der Waals surface area contributed by atoms with E-state index in [1.165, 1.54) is 0 Å². The van der Waals surface area contributed by atoms with Gasteiger partial charge in [0.15, 0.2) is 0 Å². The van der Waals surface area contributed by atoms with Gasteiger partial charge in [-0.3, -0.25) is 4.79 Å². The highest BCUT2D eigenvalue weighted by Crippen LogP contribution is 2.33. The van der Waals surface area contributed by atoms with Gasteiger partial charge in [0.05, 0.1) is 12.2 Å². The molecule has 5 atom stereocenters. The van der Waals surface area contributed by atoms with Crippen molar-refractivity contribution in [1.29, 1.82) is 0 Å². The summed E-state index contributed by atoms with van der Waals surface area (Å²) in [5, 5.41) is 0. The minimum atomic E-state index is 0.140. The maximum absolute atomic E-state index is 12.7. The second kappa shape index (κ2) is 5.82. The zero-order chi connectivity index (χ0) is 14.2. The highest BCUT2D eigenvalue weighted by atomic mass is 16.5. The molecule has 2 aliphatic heterocycles. The zero-order valence-electron chi connectivity index (χ0n) is 13.1. The van der Waals surface area contributed by atoms with Gasteiger partial charge in [-0.25, -0.2) is 0 Å². The summed E-state index contributed by atoms with van der Waals surface area (Å²) in [6.45, 7) is 11.7. The Kier molecular flexibility index (Phi) is 4.54. The molecule has 0 aliphatic carbocycles. The monoisotopic (exact) mass is 267 g/mol. The van der Waals surface area contributed by atoms with Crippen molar-refractivity contribution in [2.45, 2.75) is 72.1 Å². The summed E-state index contributed by atoms with van der Waals surface area (Å²) in [7, 11) is 0. The van der Waals surface area contributed by atoms with E-state index in [9.17, 15) is 4.79 Å². The maximum atomic E-state index is 12.7. The minimum absolute atomic E-state index is 0.140. The van der Waals surface area contributed by atoms with Gasteiger partial charge in [-0.05, 0) is 51.9 Å². The molecular formula is C16H29NO2. The van der Waals surface area contributed by atoms with E-state index >= 15 is 0 Å². The molecule has 3 nitrogen and oxygen atoms in total. The van der Waals surface area contributed by atoms with E-state index in [-0.39, 0.29) is 5.92 Å². The summed E-state index contributed by atoms with van der Waals surface area (Å²) in [4.78, 5) is 14.8. The van der Waals surface area contributed by atoms with Crippen LogP contribution in [-0.4, -0.2) is 35.6 Å². The molecule has 2 aliphatic rings. The fourth-order valence-corrected chi connectivity index (χ4v) is 3.94. The van der Waals surface area contributed by atoms with E-state index < -0.39 is 0 Å². The van der Waals surface area contributed by atoms with E-state index in [1.54, 1.807) is 0 Å². The molecule has 2 saturated heterocycles. The molecule has 0 radical (unpaired) electrons. The van der Waals surface area contributed by atoms with Crippen LogP contribution in [0.25, 0.3) is 0 Å². The molecule has 0 saturated carbocycles. The first-order chi connectivity index (χ1) is 8.88. The van der Waals surface area contributed by atoms with Crippen LogP contribution in [0.1, 0.15) is 53.9 Å². The maximum Gasteiger partial charge on any atom is 0.225 e. The molecule has 0 spiro atoms. The summed E-state index contributed by atoms with van der Waals surface area (Å²) < 4.78 is 5.79. The van der Waals surface area contributed by atoms with Gasteiger partial charge >= 0.3 is 0 Å². The normalized spacial score (nSPS) is 41.3. The standard InChI is InChI=1S/C16H29NO2/c1-10-6-11(2)17(9-10)16(18)14(5)15-7-12(3)19-13(4)8-15/h10-15H,6-9H2,1-5H3/t10?,11-,12?,13?,14?,15?/m1/s1.